The Hall–Kier alpha value is -4.22. The predicted molar refractivity (Wildman–Crippen MR) is 134 cm³/mol. The lowest BCUT2D eigenvalue weighted by Gasteiger charge is -2.12. The third kappa shape index (κ3) is 6.32. The Balaban J connectivity index is 1.44. The predicted octanol–water partition coefficient (Wildman–Crippen LogP) is 5.58. The number of urea groups is 1. The van der Waals surface area contributed by atoms with E-state index in [0.29, 0.717) is 40.2 Å². The highest BCUT2D eigenvalue weighted by molar-refractivity contribution is 6.31. The molecule has 1 heterocycles. The average molecular weight is 530 g/mol. The second-order valence-electron chi connectivity index (χ2n) is 7.79. The highest BCUT2D eigenvalue weighted by atomic mass is 35.5. The summed E-state index contributed by atoms with van der Waals surface area (Å²) in [6.45, 7) is 0.246. The lowest BCUT2D eigenvalue weighted by atomic mass is 10.0. The van der Waals surface area contributed by atoms with E-state index in [1.807, 2.05) is 0 Å². The molecule has 4 rings (SSSR count). The largest absolute Gasteiger partial charge is 0.417 e. The molecule has 0 aliphatic carbocycles. The van der Waals surface area contributed by atoms with Crippen molar-refractivity contribution in [2.24, 2.45) is 0 Å². The van der Waals surface area contributed by atoms with E-state index >= 15 is 0 Å². The van der Waals surface area contributed by atoms with Crippen molar-refractivity contribution in [1.82, 2.24) is 9.97 Å². The van der Waals surface area contributed by atoms with Crippen LogP contribution in [-0.4, -0.2) is 40.0 Å². The number of hydrogen-bond acceptors (Lipinski definition) is 6. The molecule has 0 spiro atoms. The molecule has 12 heteroatoms. The number of aromatic nitrogens is 2. The zero-order chi connectivity index (χ0) is 26.6. The van der Waals surface area contributed by atoms with Gasteiger partial charge in [-0.2, -0.15) is 13.2 Å². The van der Waals surface area contributed by atoms with Crippen molar-refractivity contribution in [3.8, 4) is 0 Å². The molecular weight excluding hydrogens is 511 g/mol. The summed E-state index contributed by atoms with van der Waals surface area (Å²) in [4.78, 5) is 33.9. The van der Waals surface area contributed by atoms with Crippen molar-refractivity contribution >= 4 is 51.6 Å². The lowest BCUT2D eigenvalue weighted by molar-refractivity contribution is -0.137. The van der Waals surface area contributed by atoms with Crippen LogP contribution in [0, 0.1) is 0 Å². The Labute approximate surface area is 213 Å². The lowest BCUT2D eigenvalue weighted by Crippen LogP contribution is -2.20. The number of fused-ring (bicyclic) bond motifs is 1. The van der Waals surface area contributed by atoms with E-state index < -0.39 is 22.8 Å². The zero-order valence-corrected chi connectivity index (χ0v) is 19.7. The standard InChI is InChI=1S/C25H19ClF3N5O3/c26-19-7-6-17(12-18(19)25(27,28)29)33-24(37)32-16-4-1-14(2-5-16)23(36)15-3-8-20-21(11-15)34-22(13-31-20)30-9-10-35/h1-8,11-13,35H,9-10H2,(H,30,34)(H2,32,33,37). The topological polar surface area (TPSA) is 116 Å². The van der Waals surface area contributed by atoms with E-state index in [1.165, 1.54) is 36.5 Å². The second-order valence-corrected chi connectivity index (χ2v) is 8.19. The van der Waals surface area contributed by atoms with Crippen LogP contribution in [0.2, 0.25) is 5.02 Å². The first kappa shape index (κ1) is 25.9. The molecule has 0 saturated heterocycles. The summed E-state index contributed by atoms with van der Waals surface area (Å²) in [6.07, 6.45) is -3.13. The van der Waals surface area contributed by atoms with Gasteiger partial charge in [0.1, 0.15) is 5.82 Å². The van der Waals surface area contributed by atoms with Crippen molar-refractivity contribution in [2.75, 3.05) is 29.1 Å². The quantitative estimate of drug-likeness (QED) is 0.232. The number of anilines is 3. The number of aliphatic hydroxyl groups is 1. The van der Waals surface area contributed by atoms with Gasteiger partial charge in [-0.1, -0.05) is 11.6 Å². The third-order valence-corrected chi connectivity index (χ3v) is 5.49. The molecule has 0 fully saturated rings. The van der Waals surface area contributed by atoms with Crippen LogP contribution in [-0.2, 0) is 6.18 Å². The molecule has 0 aliphatic rings. The Morgan fingerprint density at radius 1 is 0.892 bits per heavy atom. The summed E-state index contributed by atoms with van der Waals surface area (Å²) < 4.78 is 39.1. The van der Waals surface area contributed by atoms with E-state index in [4.69, 9.17) is 16.7 Å². The number of alkyl halides is 3. The van der Waals surface area contributed by atoms with Gasteiger partial charge in [-0.15, -0.1) is 0 Å². The number of aliphatic hydroxyl groups excluding tert-OH is 1. The number of carbonyl (C=O) groups excluding carboxylic acids is 2. The number of nitrogens with one attached hydrogen (secondary N) is 3. The molecule has 2 amide bonds. The molecule has 3 aromatic carbocycles. The van der Waals surface area contributed by atoms with Crippen LogP contribution in [0.15, 0.2) is 66.9 Å². The summed E-state index contributed by atoms with van der Waals surface area (Å²) >= 11 is 5.59. The van der Waals surface area contributed by atoms with Gasteiger partial charge in [-0.25, -0.2) is 9.78 Å². The molecule has 0 aliphatic heterocycles. The highest BCUT2D eigenvalue weighted by Crippen LogP contribution is 2.36. The maximum Gasteiger partial charge on any atom is 0.417 e. The summed E-state index contributed by atoms with van der Waals surface area (Å²) in [7, 11) is 0. The summed E-state index contributed by atoms with van der Waals surface area (Å²) in [5.74, 6) is 0.183. The minimum absolute atomic E-state index is 0.0646. The number of carbonyl (C=O) groups is 2. The Kier molecular flexibility index (Phi) is 7.55. The van der Waals surface area contributed by atoms with Crippen molar-refractivity contribution in [3.63, 3.8) is 0 Å². The minimum atomic E-state index is -4.66. The molecule has 1 aromatic heterocycles. The van der Waals surface area contributed by atoms with Gasteiger partial charge in [0.15, 0.2) is 5.78 Å². The molecule has 0 saturated carbocycles. The Morgan fingerprint density at radius 2 is 1.57 bits per heavy atom. The molecule has 37 heavy (non-hydrogen) atoms. The van der Waals surface area contributed by atoms with Crippen LogP contribution in [0.1, 0.15) is 21.5 Å². The Morgan fingerprint density at radius 3 is 2.27 bits per heavy atom. The maximum absolute atomic E-state index is 13.0. The van der Waals surface area contributed by atoms with Crippen LogP contribution >= 0.6 is 11.6 Å². The van der Waals surface area contributed by atoms with Gasteiger partial charge < -0.3 is 21.1 Å². The van der Waals surface area contributed by atoms with E-state index in [0.717, 1.165) is 12.1 Å². The van der Waals surface area contributed by atoms with Gasteiger partial charge in [-0.05, 0) is 60.7 Å². The molecule has 4 N–H and O–H groups in total. The fourth-order valence-corrected chi connectivity index (χ4v) is 3.63. The summed E-state index contributed by atoms with van der Waals surface area (Å²) in [6, 6.07) is 13.2. The van der Waals surface area contributed by atoms with Gasteiger partial charge >= 0.3 is 12.2 Å². The van der Waals surface area contributed by atoms with Crippen LogP contribution in [0.5, 0.6) is 0 Å². The molecule has 0 bridgehead atoms. The fraction of sp³-hybridized carbons (Fsp3) is 0.120. The third-order valence-electron chi connectivity index (χ3n) is 5.16. The fourth-order valence-electron chi connectivity index (χ4n) is 3.41. The van der Waals surface area contributed by atoms with Crippen molar-refractivity contribution in [2.45, 2.75) is 6.18 Å². The number of amides is 2. The molecule has 0 unspecified atom stereocenters. The van der Waals surface area contributed by atoms with Gasteiger partial charge in [0, 0.05) is 29.0 Å². The van der Waals surface area contributed by atoms with Crippen LogP contribution in [0.3, 0.4) is 0 Å². The first-order valence-corrected chi connectivity index (χ1v) is 11.2. The molecule has 190 valence electrons. The summed E-state index contributed by atoms with van der Waals surface area (Å²) in [5.41, 5.74) is 0.993. The van der Waals surface area contributed by atoms with Crippen LogP contribution < -0.4 is 16.0 Å². The van der Waals surface area contributed by atoms with Crippen molar-refractivity contribution in [1.29, 1.82) is 0 Å². The minimum Gasteiger partial charge on any atom is -0.395 e. The van der Waals surface area contributed by atoms with Crippen molar-refractivity contribution in [3.05, 3.63) is 88.6 Å². The van der Waals surface area contributed by atoms with E-state index in [1.54, 1.807) is 18.2 Å². The number of hydrogen-bond donors (Lipinski definition) is 4. The monoisotopic (exact) mass is 529 g/mol. The van der Waals surface area contributed by atoms with Gasteiger partial charge in [0.05, 0.1) is 34.4 Å². The number of nitrogens with zero attached hydrogens (tertiary/aromatic N) is 2. The number of benzene rings is 3. The van der Waals surface area contributed by atoms with Crippen LogP contribution in [0.25, 0.3) is 11.0 Å². The number of halogens is 4. The van der Waals surface area contributed by atoms with E-state index in [-0.39, 0.29) is 18.1 Å². The summed E-state index contributed by atoms with van der Waals surface area (Å²) in [5, 5.41) is 16.2. The normalized spacial score (nSPS) is 11.3. The highest BCUT2D eigenvalue weighted by Gasteiger charge is 2.33. The average Bonchev–Trinajstić information content (AvgIpc) is 2.87. The van der Waals surface area contributed by atoms with E-state index in [2.05, 4.69) is 25.9 Å². The van der Waals surface area contributed by atoms with E-state index in [9.17, 15) is 22.8 Å². The smallest absolute Gasteiger partial charge is 0.395 e. The maximum atomic E-state index is 13.0. The van der Waals surface area contributed by atoms with Crippen LogP contribution in [0.4, 0.5) is 35.2 Å². The molecule has 0 atom stereocenters. The number of rotatable bonds is 7. The zero-order valence-electron chi connectivity index (χ0n) is 18.9. The first-order valence-electron chi connectivity index (χ1n) is 10.8. The molecule has 0 radical (unpaired) electrons. The van der Waals surface area contributed by atoms with Gasteiger partial charge in [0.2, 0.25) is 0 Å². The molecule has 8 nitrogen and oxygen atoms in total. The van der Waals surface area contributed by atoms with Crippen molar-refractivity contribution < 1.29 is 27.9 Å². The first-order chi connectivity index (χ1) is 17.6. The Bertz CT molecular complexity index is 1460. The number of ketones is 1. The molecule has 4 aromatic rings. The second kappa shape index (κ2) is 10.8. The molecular formula is C25H19ClF3N5O3. The van der Waals surface area contributed by atoms with Gasteiger partial charge in [-0.3, -0.25) is 9.78 Å². The van der Waals surface area contributed by atoms with Gasteiger partial charge in [0.25, 0.3) is 0 Å². The SMILES string of the molecule is O=C(Nc1ccc(C(=O)c2ccc3ncc(NCCO)nc3c2)cc1)Nc1ccc(Cl)c(C(F)(F)F)c1.